The van der Waals surface area contributed by atoms with Gasteiger partial charge in [-0.15, -0.1) is 0 Å². The molecule has 0 fully saturated rings. The van der Waals surface area contributed by atoms with E-state index in [-0.39, 0.29) is 5.57 Å². The maximum atomic E-state index is 11.4. The fraction of sp³-hybridized carbons (Fsp3) is 0.375. The lowest BCUT2D eigenvalue weighted by Gasteiger charge is -2.11. The van der Waals surface area contributed by atoms with E-state index in [9.17, 15) is 4.79 Å². The van der Waals surface area contributed by atoms with Gasteiger partial charge in [0, 0.05) is 0 Å². The lowest BCUT2D eigenvalue weighted by molar-refractivity contribution is -0.135. The number of ether oxygens (including phenoxy) is 3. The lowest BCUT2D eigenvalue weighted by atomic mass is 10.1. The van der Waals surface area contributed by atoms with Crippen LogP contribution in [-0.4, -0.2) is 26.8 Å². The highest BCUT2D eigenvalue weighted by Crippen LogP contribution is 2.29. The van der Waals surface area contributed by atoms with Crippen LogP contribution >= 0.6 is 0 Å². The summed E-state index contributed by atoms with van der Waals surface area (Å²) in [7, 11) is 2.78. The average molecular weight is 289 g/mol. The molecule has 0 aliphatic heterocycles. The molecule has 0 saturated heterocycles. The number of methoxy groups -OCH3 is 2. The number of nitrogens with zero attached hydrogens (tertiary/aromatic N) is 1. The van der Waals surface area contributed by atoms with Crippen molar-refractivity contribution in [2.45, 2.75) is 19.8 Å². The fourth-order valence-electron chi connectivity index (χ4n) is 1.63. The number of benzene rings is 1. The van der Waals surface area contributed by atoms with Crippen LogP contribution in [0.1, 0.15) is 25.3 Å². The smallest absolute Gasteiger partial charge is 0.348 e. The van der Waals surface area contributed by atoms with Crippen LogP contribution in [0.2, 0.25) is 0 Å². The van der Waals surface area contributed by atoms with E-state index in [1.807, 2.05) is 6.07 Å². The first-order valence-electron chi connectivity index (χ1n) is 6.67. The standard InChI is InChI=1S/C16H19NO4/c1-4-5-8-21-14-7-6-12(10-15(14)19-2)9-13(11-17)16(18)20-3/h6-7,9-10H,4-5,8H2,1-3H3/b13-9+. The van der Waals surface area contributed by atoms with Crippen LogP contribution < -0.4 is 9.47 Å². The van der Waals surface area contributed by atoms with Gasteiger partial charge in [0.1, 0.15) is 11.6 Å². The van der Waals surface area contributed by atoms with Crippen LogP contribution in [0.5, 0.6) is 11.5 Å². The third-order valence-electron chi connectivity index (χ3n) is 2.78. The molecule has 0 amide bonds. The van der Waals surface area contributed by atoms with Crippen molar-refractivity contribution in [1.82, 2.24) is 0 Å². The molecule has 0 atom stereocenters. The number of carbonyl (C=O) groups excluding carboxylic acids is 1. The molecule has 0 spiro atoms. The van der Waals surface area contributed by atoms with E-state index in [2.05, 4.69) is 11.7 Å². The predicted octanol–water partition coefficient (Wildman–Crippen LogP) is 2.95. The molecule has 1 rings (SSSR count). The van der Waals surface area contributed by atoms with Crippen LogP contribution in [0.4, 0.5) is 0 Å². The Balaban J connectivity index is 2.99. The minimum absolute atomic E-state index is 0.0702. The summed E-state index contributed by atoms with van der Waals surface area (Å²) in [5.41, 5.74) is 0.593. The average Bonchev–Trinajstić information content (AvgIpc) is 2.52. The molecule has 0 aromatic heterocycles. The summed E-state index contributed by atoms with van der Waals surface area (Å²) < 4.78 is 15.4. The summed E-state index contributed by atoms with van der Waals surface area (Å²) >= 11 is 0. The second-order valence-corrected chi connectivity index (χ2v) is 4.27. The van der Waals surface area contributed by atoms with Crippen molar-refractivity contribution < 1.29 is 19.0 Å². The highest BCUT2D eigenvalue weighted by atomic mass is 16.5. The first-order valence-corrected chi connectivity index (χ1v) is 6.67. The van der Waals surface area contributed by atoms with E-state index in [0.717, 1.165) is 12.8 Å². The second-order valence-electron chi connectivity index (χ2n) is 4.27. The molecule has 1 aromatic rings. The Hall–Kier alpha value is -2.48. The molecule has 0 radical (unpaired) electrons. The van der Waals surface area contributed by atoms with E-state index >= 15 is 0 Å². The summed E-state index contributed by atoms with van der Waals surface area (Å²) in [6, 6.07) is 7.03. The van der Waals surface area contributed by atoms with Crippen molar-refractivity contribution in [3.63, 3.8) is 0 Å². The Morgan fingerprint density at radius 1 is 1.33 bits per heavy atom. The van der Waals surface area contributed by atoms with E-state index in [4.69, 9.17) is 14.7 Å². The van der Waals surface area contributed by atoms with Gasteiger partial charge in [-0.25, -0.2) is 4.79 Å². The maximum absolute atomic E-state index is 11.4. The Kier molecular flexibility index (Phi) is 6.82. The van der Waals surface area contributed by atoms with Crippen LogP contribution in [0, 0.1) is 11.3 Å². The molecule has 0 N–H and O–H groups in total. The zero-order valence-electron chi connectivity index (χ0n) is 12.5. The number of hydrogen-bond donors (Lipinski definition) is 0. The zero-order chi connectivity index (χ0) is 15.7. The largest absolute Gasteiger partial charge is 0.493 e. The van der Waals surface area contributed by atoms with Crippen molar-refractivity contribution in [1.29, 1.82) is 5.26 Å². The fourth-order valence-corrected chi connectivity index (χ4v) is 1.63. The minimum atomic E-state index is -0.667. The summed E-state index contributed by atoms with van der Waals surface area (Å²) in [6.45, 7) is 2.71. The lowest BCUT2D eigenvalue weighted by Crippen LogP contribution is -2.02. The van der Waals surface area contributed by atoms with Crippen molar-refractivity contribution >= 4 is 12.0 Å². The van der Waals surface area contributed by atoms with Crippen LogP contribution in [0.25, 0.3) is 6.08 Å². The van der Waals surface area contributed by atoms with Gasteiger partial charge in [0.15, 0.2) is 11.5 Å². The SMILES string of the molecule is CCCCOc1ccc(/C=C(\C#N)C(=O)OC)cc1OC. The number of esters is 1. The van der Waals surface area contributed by atoms with Gasteiger partial charge in [-0.05, 0) is 30.2 Å². The van der Waals surface area contributed by atoms with Crippen molar-refractivity contribution in [3.8, 4) is 17.6 Å². The van der Waals surface area contributed by atoms with E-state index in [1.165, 1.54) is 13.2 Å². The van der Waals surface area contributed by atoms with Gasteiger partial charge >= 0.3 is 5.97 Å². The molecule has 0 aliphatic carbocycles. The molecule has 0 aliphatic rings. The summed E-state index contributed by atoms with van der Waals surface area (Å²) in [4.78, 5) is 11.4. The van der Waals surface area contributed by atoms with Gasteiger partial charge in [-0.3, -0.25) is 0 Å². The molecule has 5 nitrogen and oxygen atoms in total. The van der Waals surface area contributed by atoms with Gasteiger partial charge in [0.2, 0.25) is 0 Å². The van der Waals surface area contributed by atoms with Crippen molar-refractivity contribution in [2.75, 3.05) is 20.8 Å². The third-order valence-corrected chi connectivity index (χ3v) is 2.78. The van der Waals surface area contributed by atoms with Gasteiger partial charge in [0.25, 0.3) is 0 Å². The highest BCUT2D eigenvalue weighted by molar-refractivity contribution is 5.97. The Labute approximate surface area is 124 Å². The first-order chi connectivity index (χ1) is 10.2. The molecule has 0 bridgehead atoms. The number of carbonyl (C=O) groups is 1. The monoisotopic (exact) mass is 289 g/mol. The van der Waals surface area contributed by atoms with Crippen molar-refractivity contribution in [3.05, 3.63) is 29.3 Å². The number of hydrogen-bond acceptors (Lipinski definition) is 5. The molecule has 5 heteroatoms. The first kappa shape index (κ1) is 16.6. The number of rotatable bonds is 7. The van der Waals surface area contributed by atoms with E-state index in [0.29, 0.717) is 23.7 Å². The van der Waals surface area contributed by atoms with E-state index in [1.54, 1.807) is 25.3 Å². The zero-order valence-corrected chi connectivity index (χ0v) is 12.5. The predicted molar refractivity (Wildman–Crippen MR) is 79.0 cm³/mol. The Morgan fingerprint density at radius 2 is 2.10 bits per heavy atom. The van der Waals surface area contributed by atoms with Gasteiger partial charge in [-0.2, -0.15) is 5.26 Å². The molecule has 0 heterocycles. The topological polar surface area (TPSA) is 68.5 Å². The van der Waals surface area contributed by atoms with Gasteiger partial charge in [-0.1, -0.05) is 19.4 Å². The molecule has 21 heavy (non-hydrogen) atoms. The summed E-state index contributed by atoms with van der Waals surface area (Å²) in [6.07, 6.45) is 3.46. The Bertz CT molecular complexity index is 558. The molecule has 112 valence electrons. The molecule has 0 unspecified atom stereocenters. The van der Waals surface area contributed by atoms with Crippen LogP contribution in [0.3, 0.4) is 0 Å². The molecule has 1 aromatic carbocycles. The number of nitriles is 1. The molecule has 0 saturated carbocycles. The number of unbranched alkanes of at least 4 members (excludes halogenated alkanes) is 1. The van der Waals surface area contributed by atoms with Crippen LogP contribution in [-0.2, 0) is 9.53 Å². The van der Waals surface area contributed by atoms with Crippen LogP contribution in [0.15, 0.2) is 23.8 Å². The summed E-state index contributed by atoms with van der Waals surface area (Å²) in [5.74, 6) is 0.529. The minimum Gasteiger partial charge on any atom is -0.493 e. The molecular formula is C16H19NO4. The second kappa shape index (κ2) is 8.64. The van der Waals surface area contributed by atoms with Gasteiger partial charge < -0.3 is 14.2 Å². The highest BCUT2D eigenvalue weighted by Gasteiger charge is 2.10. The third kappa shape index (κ3) is 4.84. The van der Waals surface area contributed by atoms with Crippen molar-refractivity contribution in [2.24, 2.45) is 0 Å². The normalized spacial score (nSPS) is 10.7. The quantitative estimate of drug-likeness (QED) is 0.334. The maximum Gasteiger partial charge on any atom is 0.348 e. The molecular weight excluding hydrogens is 270 g/mol. The summed E-state index contributed by atoms with van der Waals surface area (Å²) in [5, 5.41) is 8.94. The van der Waals surface area contributed by atoms with E-state index < -0.39 is 5.97 Å². The van der Waals surface area contributed by atoms with Gasteiger partial charge in [0.05, 0.1) is 20.8 Å². The Morgan fingerprint density at radius 3 is 2.67 bits per heavy atom.